The molecule has 78 valence electrons. The Morgan fingerprint density at radius 1 is 1.13 bits per heavy atom. The lowest BCUT2D eigenvalue weighted by Crippen LogP contribution is -2.41. The Bertz CT molecular complexity index is 389. The molecule has 0 atom stereocenters. The molecule has 0 aromatic rings. The Morgan fingerprint density at radius 2 is 1.73 bits per heavy atom. The Balaban J connectivity index is 2.27. The molecule has 0 amide bonds. The van der Waals surface area contributed by atoms with Gasteiger partial charge >= 0.3 is 7.12 Å². The molecular weight excluding hydrogens is 187 g/mol. The fraction of sp³-hybridized carbons (Fsp3) is 0.500. The van der Waals surface area contributed by atoms with E-state index in [4.69, 9.17) is 9.31 Å². The first-order chi connectivity index (χ1) is 6.92. The third kappa shape index (κ3) is 1.76. The maximum atomic E-state index is 5.88. The summed E-state index contributed by atoms with van der Waals surface area (Å²) in [7, 11) is -0.326. The summed E-state index contributed by atoms with van der Waals surface area (Å²) in [6.45, 7) is 8.17. The normalized spacial score (nSPS) is 25.9. The first kappa shape index (κ1) is 10.5. The van der Waals surface area contributed by atoms with Gasteiger partial charge in [0.2, 0.25) is 0 Å². The number of rotatable bonds is 1. The second-order valence-corrected chi connectivity index (χ2v) is 4.84. The Labute approximate surface area is 91.1 Å². The third-order valence-corrected chi connectivity index (χ3v) is 3.18. The van der Waals surface area contributed by atoms with Crippen LogP contribution in [0.25, 0.3) is 0 Å². The fourth-order valence-corrected chi connectivity index (χ4v) is 1.47. The van der Waals surface area contributed by atoms with Crippen molar-refractivity contribution in [3.05, 3.63) is 35.2 Å². The van der Waals surface area contributed by atoms with Crippen LogP contribution in [-0.2, 0) is 9.31 Å². The van der Waals surface area contributed by atoms with Crippen LogP contribution in [0.2, 0.25) is 0 Å². The van der Waals surface area contributed by atoms with Crippen molar-refractivity contribution in [3.63, 3.8) is 0 Å². The Hall–Kier alpha value is -0.975. The van der Waals surface area contributed by atoms with Gasteiger partial charge in [0.15, 0.2) is 0 Å². The number of hydrogen-bond acceptors (Lipinski definition) is 2. The van der Waals surface area contributed by atoms with Crippen molar-refractivity contribution in [2.75, 3.05) is 0 Å². The molecule has 0 unspecified atom stereocenters. The average Bonchev–Trinajstić information content (AvgIpc) is 2.38. The van der Waals surface area contributed by atoms with Crippen LogP contribution in [0.15, 0.2) is 35.2 Å². The van der Waals surface area contributed by atoms with Crippen LogP contribution >= 0.6 is 0 Å². The zero-order valence-electron chi connectivity index (χ0n) is 9.63. The van der Waals surface area contributed by atoms with Crippen molar-refractivity contribution in [2.24, 2.45) is 0 Å². The molecule has 1 aliphatic carbocycles. The van der Waals surface area contributed by atoms with Crippen LogP contribution < -0.4 is 0 Å². The molecule has 0 radical (unpaired) electrons. The van der Waals surface area contributed by atoms with Gasteiger partial charge in [0.05, 0.1) is 11.2 Å². The van der Waals surface area contributed by atoms with E-state index in [1.54, 1.807) is 0 Å². The van der Waals surface area contributed by atoms with Gasteiger partial charge in [-0.15, -0.1) is 0 Å². The second-order valence-electron chi connectivity index (χ2n) is 4.84. The number of allylic oxidation sites excluding steroid dienone is 4. The van der Waals surface area contributed by atoms with E-state index >= 15 is 0 Å². The summed E-state index contributed by atoms with van der Waals surface area (Å²) < 4.78 is 11.8. The SMILES string of the molecule is CC1(C)OB(C2=C=C=CC=C2)OC1(C)C. The summed E-state index contributed by atoms with van der Waals surface area (Å²) in [5.41, 5.74) is 6.24. The third-order valence-electron chi connectivity index (χ3n) is 3.18. The molecule has 3 heteroatoms. The lowest BCUT2D eigenvalue weighted by molar-refractivity contribution is 0.00578. The summed E-state index contributed by atoms with van der Waals surface area (Å²) >= 11 is 0. The van der Waals surface area contributed by atoms with E-state index < -0.39 is 0 Å². The van der Waals surface area contributed by atoms with Crippen LogP contribution in [0.4, 0.5) is 0 Å². The molecule has 2 aliphatic rings. The van der Waals surface area contributed by atoms with Crippen LogP contribution in [0.3, 0.4) is 0 Å². The molecule has 15 heavy (non-hydrogen) atoms. The van der Waals surface area contributed by atoms with E-state index in [0.29, 0.717) is 0 Å². The van der Waals surface area contributed by atoms with E-state index in [9.17, 15) is 0 Å². The van der Waals surface area contributed by atoms with Gasteiger partial charge < -0.3 is 9.31 Å². The highest BCUT2D eigenvalue weighted by Gasteiger charge is 2.52. The molecule has 0 saturated carbocycles. The number of hydrogen-bond donors (Lipinski definition) is 0. The highest BCUT2D eigenvalue weighted by Crippen LogP contribution is 2.38. The lowest BCUT2D eigenvalue weighted by atomic mass is 9.78. The van der Waals surface area contributed by atoms with Gasteiger partial charge in [-0.2, -0.15) is 0 Å². The standard InChI is InChI=1S/C12H15BO2/c1-11(2)12(3,4)15-13(14-11)10-8-6-5-7-9-10/h5-6,8H,1-4H3. The molecule has 0 aromatic heterocycles. The summed E-state index contributed by atoms with van der Waals surface area (Å²) in [6, 6.07) is 0. The molecule has 0 aromatic carbocycles. The van der Waals surface area contributed by atoms with Crippen molar-refractivity contribution in [3.8, 4) is 0 Å². The van der Waals surface area contributed by atoms with Gasteiger partial charge in [0, 0.05) is 5.47 Å². The van der Waals surface area contributed by atoms with Crippen molar-refractivity contribution < 1.29 is 9.31 Å². The zero-order chi connectivity index (χ0) is 11.1. The first-order valence-corrected chi connectivity index (χ1v) is 5.16. The van der Waals surface area contributed by atoms with Gasteiger partial charge in [-0.25, -0.2) is 0 Å². The van der Waals surface area contributed by atoms with E-state index in [1.807, 2.05) is 45.9 Å². The maximum absolute atomic E-state index is 5.88. The van der Waals surface area contributed by atoms with Gasteiger partial charge in [-0.3, -0.25) is 0 Å². The van der Waals surface area contributed by atoms with E-state index in [0.717, 1.165) is 5.47 Å². The molecule has 1 fully saturated rings. The molecule has 0 spiro atoms. The topological polar surface area (TPSA) is 18.5 Å². The van der Waals surface area contributed by atoms with Gasteiger partial charge in [0.25, 0.3) is 0 Å². The quantitative estimate of drug-likeness (QED) is 0.480. The minimum absolute atomic E-state index is 0.290. The van der Waals surface area contributed by atoms with E-state index in [1.165, 1.54) is 0 Å². The Morgan fingerprint density at radius 3 is 2.20 bits per heavy atom. The van der Waals surface area contributed by atoms with Crippen molar-refractivity contribution in [1.82, 2.24) is 0 Å². The van der Waals surface area contributed by atoms with Gasteiger partial charge in [0.1, 0.15) is 0 Å². The average molecular weight is 202 g/mol. The zero-order valence-corrected chi connectivity index (χ0v) is 9.63. The minimum Gasteiger partial charge on any atom is -0.399 e. The second kappa shape index (κ2) is 3.26. The molecule has 1 heterocycles. The summed E-state index contributed by atoms with van der Waals surface area (Å²) in [5, 5.41) is 0. The highest BCUT2D eigenvalue weighted by molar-refractivity contribution is 6.55. The molecule has 0 N–H and O–H groups in total. The fourth-order valence-electron chi connectivity index (χ4n) is 1.47. The van der Waals surface area contributed by atoms with Crippen molar-refractivity contribution in [2.45, 2.75) is 38.9 Å². The van der Waals surface area contributed by atoms with Gasteiger partial charge in [-0.05, 0) is 33.8 Å². The molecule has 1 aliphatic heterocycles. The Kier molecular flexibility index (Phi) is 2.29. The van der Waals surface area contributed by atoms with E-state index in [2.05, 4.69) is 11.5 Å². The summed E-state index contributed by atoms with van der Waals surface area (Å²) in [6.07, 6.45) is 5.67. The van der Waals surface area contributed by atoms with Crippen LogP contribution in [0, 0.1) is 0 Å². The smallest absolute Gasteiger partial charge is 0.399 e. The van der Waals surface area contributed by atoms with Crippen molar-refractivity contribution >= 4 is 7.12 Å². The summed E-state index contributed by atoms with van der Waals surface area (Å²) in [5.74, 6) is 0. The molecular formula is C12H15BO2. The van der Waals surface area contributed by atoms with Crippen LogP contribution in [0.5, 0.6) is 0 Å². The first-order valence-electron chi connectivity index (χ1n) is 5.16. The predicted octanol–water partition coefficient (Wildman–Crippen LogP) is 2.42. The summed E-state index contributed by atoms with van der Waals surface area (Å²) in [4.78, 5) is 0. The molecule has 0 bridgehead atoms. The monoisotopic (exact) mass is 202 g/mol. The van der Waals surface area contributed by atoms with Crippen LogP contribution in [0.1, 0.15) is 27.7 Å². The maximum Gasteiger partial charge on any atom is 0.503 e. The minimum atomic E-state index is -0.326. The molecule has 2 rings (SSSR count). The highest BCUT2D eigenvalue weighted by atomic mass is 16.7. The van der Waals surface area contributed by atoms with Crippen molar-refractivity contribution in [1.29, 1.82) is 0 Å². The predicted molar refractivity (Wildman–Crippen MR) is 60.3 cm³/mol. The van der Waals surface area contributed by atoms with Crippen LogP contribution in [-0.4, -0.2) is 18.3 Å². The molecule has 2 nitrogen and oxygen atoms in total. The van der Waals surface area contributed by atoms with Gasteiger partial charge in [-0.1, -0.05) is 23.6 Å². The molecule has 1 saturated heterocycles. The van der Waals surface area contributed by atoms with E-state index in [-0.39, 0.29) is 18.3 Å². The largest absolute Gasteiger partial charge is 0.503 e. The lowest BCUT2D eigenvalue weighted by Gasteiger charge is -2.32.